The predicted octanol–water partition coefficient (Wildman–Crippen LogP) is 19.0. The average molecular weight is 961 g/mol. The fourth-order valence-electron chi connectivity index (χ4n) is 4.02. The third-order valence-electron chi connectivity index (χ3n) is 6.10. The van der Waals surface area contributed by atoms with Crippen molar-refractivity contribution in [2.75, 3.05) is 31.8 Å². The van der Waals surface area contributed by atoms with E-state index in [-0.39, 0.29) is 203 Å². The smallest absolute Gasteiger partial charge is 0.311 e. The number of unbranched alkanes of at least 4 members (excludes halogenated alkanes) is 8. The molecule has 11 heteroatoms. The lowest BCUT2D eigenvalue weighted by Gasteiger charge is -2.19. The molecule has 2 N–H and O–H groups in total. The van der Waals surface area contributed by atoms with E-state index in [1.807, 2.05) is 0 Å². The summed E-state index contributed by atoms with van der Waals surface area (Å²) < 4.78 is 15.2. The lowest BCUT2D eigenvalue weighted by molar-refractivity contribution is -0.153. The summed E-state index contributed by atoms with van der Waals surface area (Å²) >= 11 is 1.30. The number of rotatable bonds is 24. The number of nitrogens with one attached hydrogen (secondary N) is 1. The number of thioether (sulfide) groups is 1. The number of ketones is 1. The number of esters is 3. The molecule has 0 aromatic carbocycles. The maximum atomic E-state index is 12.6. The third-order valence-corrected chi connectivity index (χ3v) is 7.12. The van der Waals surface area contributed by atoms with Crippen molar-refractivity contribution in [1.29, 1.82) is 0 Å². The second-order valence-electron chi connectivity index (χ2n) is 9.67. The molecule has 0 saturated carbocycles. The van der Waals surface area contributed by atoms with Gasteiger partial charge >= 0.3 is 17.9 Å². The van der Waals surface area contributed by atoms with Crippen LogP contribution in [0.4, 0.5) is 0 Å². The zero-order valence-electron chi connectivity index (χ0n) is 24.2. The topological polar surface area (TPSA) is 145 Å². The molecule has 0 aromatic heterocycles. The molecule has 0 unspecified atom stereocenters. The monoisotopic (exact) mass is 960 g/mol. The highest BCUT2D eigenvalue weighted by Crippen LogP contribution is 2.16. The summed E-state index contributed by atoms with van der Waals surface area (Å²) in [5.74, 6) is -2.79. The van der Waals surface area contributed by atoms with Crippen molar-refractivity contribution < 1.29 is 43.3 Å². The molecular weight excluding hydrogens is 815 g/mol. The Morgan fingerprint density at radius 3 is 1.29 bits per heavy atom. The number of hydrogen-bond donors (Lipinski definition) is 2. The van der Waals surface area contributed by atoms with Crippen LogP contribution in [0.15, 0.2) is 0 Å². The van der Waals surface area contributed by atoms with Crippen LogP contribution in [0.25, 0.3) is 0 Å². The second-order valence-corrected chi connectivity index (χ2v) is 10.8. The van der Waals surface area contributed by atoms with Gasteiger partial charge in [0.25, 0.3) is 0 Å². The van der Waals surface area contributed by atoms with Gasteiger partial charge in [-0.15, -0.1) is 0 Å². The highest BCUT2D eigenvalue weighted by molar-refractivity contribution is 7.99. The maximum absolute atomic E-state index is 12.6. The van der Waals surface area contributed by atoms with Crippen molar-refractivity contribution in [3.8, 4) is 0 Å². The Morgan fingerprint density at radius 2 is 0.952 bits per heavy atom. The second kappa shape index (κ2) is 113. The molecule has 0 rings (SSSR count). The number of carbonyl (C=O) groups is 5. The zero-order valence-corrected chi connectivity index (χ0v) is 25.0. The average Bonchev–Trinajstić information content (AvgIpc) is 2.88. The summed E-state index contributed by atoms with van der Waals surface area (Å²) in [6.07, 6.45) is 10.4. The van der Waals surface area contributed by atoms with E-state index >= 15 is 0 Å². The number of amides is 1. The number of hydrogen-bond acceptors (Lipinski definition) is 10. The normalized spacial score (nSPS) is 8.14. The number of ether oxygens (including phenoxy) is 3. The van der Waals surface area contributed by atoms with Gasteiger partial charge in [-0.1, -0.05) is 237 Å². The molecule has 1 amide bonds. The minimum Gasteiger partial charge on any atom is -0.469 e. The molecule has 0 fully saturated rings. The molecule has 63 heavy (non-hydrogen) atoms. The van der Waals surface area contributed by atoms with Crippen LogP contribution in [-0.2, 0) is 38.2 Å². The van der Waals surface area contributed by atoms with Crippen molar-refractivity contribution in [1.82, 2.24) is 5.32 Å². The highest BCUT2D eigenvalue weighted by atomic mass is 32.2. The fourth-order valence-corrected chi connectivity index (χ4v) is 4.89. The molecule has 0 aliphatic carbocycles. The van der Waals surface area contributed by atoms with E-state index in [0.29, 0.717) is 12.2 Å². The molecule has 0 aromatic rings. The Kier molecular flexibility index (Phi) is 304. The van der Waals surface area contributed by atoms with Crippen LogP contribution in [-0.4, -0.2) is 78.7 Å². The first-order valence-corrected chi connectivity index (χ1v) is 15.2. The van der Waals surface area contributed by atoms with Crippen molar-refractivity contribution >= 4 is 41.4 Å². The summed E-state index contributed by atoms with van der Waals surface area (Å²) in [5, 5.41) is 11.9. The quantitative estimate of drug-likeness (QED) is 0.0545. The molecule has 10 nitrogen and oxygen atoms in total. The van der Waals surface area contributed by atoms with Gasteiger partial charge in [-0.05, 0) is 12.8 Å². The van der Waals surface area contributed by atoms with E-state index in [1.54, 1.807) is 0 Å². The van der Waals surface area contributed by atoms with E-state index in [2.05, 4.69) is 17.0 Å². The highest BCUT2D eigenvalue weighted by Gasteiger charge is 2.27. The van der Waals surface area contributed by atoms with E-state index < -0.39 is 54.3 Å². The number of Topliss-reactive ketones (excluding diaryl/α,β-unsaturated/α-hetero) is 1. The van der Waals surface area contributed by atoms with E-state index in [4.69, 9.17) is 9.47 Å². The number of carbonyl (C=O) groups excluding carboxylic acids is 5. The van der Waals surface area contributed by atoms with Crippen molar-refractivity contribution in [2.24, 2.45) is 5.92 Å². The maximum Gasteiger partial charge on any atom is 0.311 e. The molecule has 0 aliphatic heterocycles. The van der Waals surface area contributed by atoms with Gasteiger partial charge in [-0.25, -0.2) is 0 Å². The Morgan fingerprint density at radius 1 is 0.571 bits per heavy atom. The lowest BCUT2D eigenvalue weighted by atomic mass is 10.00. The molecule has 0 spiro atoms. The minimum atomic E-state index is -0.995. The minimum absolute atomic E-state index is 0. The molecule has 418 valence electrons. The van der Waals surface area contributed by atoms with Crippen molar-refractivity contribution in [3.63, 3.8) is 0 Å². The Balaban J connectivity index is -0.0000000262. The fraction of sp³-hybridized carbons (Fsp3) is 0.904. The van der Waals surface area contributed by atoms with Crippen LogP contribution in [0.1, 0.15) is 276 Å². The summed E-state index contributed by atoms with van der Waals surface area (Å²) in [4.78, 5) is 59.5. The van der Waals surface area contributed by atoms with Crippen LogP contribution < -0.4 is 5.32 Å². The Labute approximate surface area is 414 Å². The van der Waals surface area contributed by atoms with Crippen LogP contribution in [0.3, 0.4) is 0 Å². The van der Waals surface area contributed by atoms with Gasteiger partial charge in [0.05, 0.1) is 32.1 Å². The zero-order chi connectivity index (χ0) is 29.5. The van der Waals surface area contributed by atoms with Crippen LogP contribution >= 0.6 is 11.8 Å². The molecule has 0 saturated heterocycles. The van der Waals surface area contributed by atoms with Crippen LogP contribution in [0.5, 0.6) is 0 Å². The van der Waals surface area contributed by atoms with Gasteiger partial charge in [0.2, 0.25) is 5.91 Å². The summed E-state index contributed by atoms with van der Waals surface area (Å²) in [6, 6.07) is -0.855. The van der Waals surface area contributed by atoms with E-state index in [9.17, 15) is 29.1 Å². The van der Waals surface area contributed by atoms with Gasteiger partial charge in [-0.2, -0.15) is 11.8 Å². The number of aliphatic hydroxyl groups is 1. The SMILES string of the molecule is C.C.C.C.C.C.C.C.C.C.C.C.C.C.C.C.C.C.C.C.C.C.C.C.CCCCCCCCCCC[C@H](CC(=O)OCCSC[C@H](NC(C)=O)C(=O)C[C@@H](CO)C(=O)OC)OC(C)=O. The van der Waals surface area contributed by atoms with Crippen LogP contribution in [0.2, 0.25) is 0 Å². The summed E-state index contributed by atoms with van der Waals surface area (Å²) in [7, 11) is 1.17. The number of aliphatic hydroxyl groups excluding tert-OH is 1. The summed E-state index contributed by atoms with van der Waals surface area (Å²) in [5.41, 5.74) is 0. The first-order chi connectivity index (χ1) is 18.6. The van der Waals surface area contributed by atoms with E-state index in [0.717, 1.165) is 19.3 Å². The molecule has 3 atom stereocenters. The predicted molar refractivity (Wildman–Crippen MR) is 312 cm³/mol. The van der Waals surface area contributed by atoms with Gasteiger partial charge < -0.3 is 24.6 Å². The molecule has 0 heterocycles. The lowest BCUT2D eigenvalue weighted by Crippen LogP contribution is -2.43. The first kappa shape index (κ1) is 170. The summed E-state index contributed by atoms with van der Waals surface area (Å²) in [6.45, 7) is 4.37. The Bertz CT molecular complexity index is 740. The standard InChI is InChI=1S/C28H49NO9S.24CH4/c1-5-6-7-8-9-10-11-12-13-14-24(38-22(3)32)18-27(34)37-15-16-39-20-25(29-21(2)31)26(33)17-23(19-30)28(35)36-4;;;;;;;;;;;;;;;;;;;;;;;;/h23-25,30H,5-20H2,1-4H3,(H,29,31);24*1H4/t23-,24+,25-;;;;;;;;;;;;;;;;;;;;;;;;/m0......................../s1. The van der Waals surface area contributed by atoms with E-state index in [1.165, 1.54) is 71.2 Å². The van der Waals surface area contributed by atoms with Crippen molar-refractivity contribution in [3.05, 3.63) is 0 Å². The molecule has 0 aliphatic rings. The van der Waals surface area contributed by atoms with Gasteiger partial charge in [-0.3, -0.25) is 24.0 Å². The van der Waals surface area contributed by atoms with Gasteiger partial charge in [0.1, 0.15) is 12.7 Å². The van der Waals surface area contributed by atoms with Gasteiger partial charge in [0.15, 0.2) is 5.78 Å². The van der Waals surface area contributed by atoms with Crippen LogP contribution in [0, 0.1) is 5.92 Å². The van der Waals surface area contributed by atoms with Gasteiger partial charge in [0, 0.05) is 31.8 Å². The first-order valence-electron chi connectivity index (χ1n) is 14.0. The van der Waals surface area contributed by atoms with Crippen molar-refractivity contribution in [2.45, 2.75) is 288 Å². The third kappa shape index (κ3) is 99.6. The number of methoxy groups -OCH3 is 1. The molecule has 0 bridgehead atoms. The largest absolute Gasteiger partial charge is 0.469 e. The molecule has 0 radical (unpaired) electrons. The Hall–Kier alpha value is -2.14. The molecular formula is C52H145NO9S.